The molecule has 2 aromatic rings. The number of nitrogens with zero attached hydrogens (tertiary/aromatic N) is 2. The topological polar surface area (TPSA) is 32.8 Å². The molecular weight excluding hydrogens is 392 g/mol. The maximum atomic E-state index is 13.1. The summed E-state index contributed by atoms with van der Waals surface area (Å²) >= 11 is 3.50. The lowest BCUT2D eigenvalue weighted by Crippen LogP contribution is -2.53. The van der Waals surface area contributed by atoms with Crippen LogP contribution < -0.4 is 4.90 Å². The molecule has 0 saturated carbocycles. The highest BCUT2D eigenvalue weighted by molar-refractivity contribution is 9.10. The van der Waals surface area contributed by atoms with Gasteiger partial charge in [0.1, 0.15) is 6.10 Å². The zero-order valence-corrected chi connectivity index (χ0v) is 16.3. The van der Waals surface area contributed by atoms with Crippen LogP contribution in [0.1, 0.15) is 18.4 Å². The molecule has 2 aromatic carbocycles. The Kier molecular flexibility index (Phi) is 5.27. The van der Waals surface area contributed by atoms with Gasteiger partial charge in [-0.2, -0.15) is 0 Å². The summed E-state index contributed by atoms with van der Waals surface area (Å²) in [5, 5.41) is 0. The molecular formula is C21H23BrN2O2. The minimum absolute atomic E-state index is 0.00965. The van der Waals surface area contributed by atoms with E-state index in [1.165, 1.54) is 0 Å². The van der Waals surface area contributed by atoms with Gasteiger partial charge < -0.3 is 4.74 Å². The van der Waals surface area contributed by atoms with E-state index in [0.29, 0.717) is 12.5 Å². The van der Waals surface area contributed by atoms with Crippen LogP contribution in [0.2, 0.25) is 0 Å². The highest BCUT2D eigenvalue weighted by Crippen LogP contribution is 2.31. The Labute approximate surface area is 162 Å². The number of carbonyl (C=O) groups excluding carboxylic acids is 1. The third-order valence-corrected chi connectivity index (χ3v) is 5.87. The Hall–Kier alpha value is -1.85. The van der Waals surface area contributed by atoms with Gasteiger partial charge in [0.2, 0.25) is 0 Å². The number of hydrogen-bond acceptors (Lipinski definition) is 3. The van der Waals surface area contributed by atoms with Crippen LogP contribution in [-0.4, -0.2) is 36.7 Å². The summed E-state index contributed by atoms with van der Waals surface area (Å²) < 4.78 is 6.93. The molecule has 0 aliphatic carbocycles. The number of piperidine rings is 3. The molecule has 3 saturated heterocycles. The fraction of sp³-hybridized carbons (Fsp3) is 0.381. The second kappa shape index (κ2) is 7.80. The van der Waals surface area contributed by atoms with E-state index >= 15 is 0 Å². The average molecular weight is 415 g/mol. The molecule has 3 fully saturated rings. The van der Waals surface area contributed by atoms with Gasteiger partial charge in [-0.1, -0.05) is 52.3 Å². The molecule has 3 aliphatic rings. The van der Waals surface area contributed by atoms with Gasteiger partial charge in [0.15, 0.2) is 0 Å². The van der Waals surface area contributed by atoms with Crippen LogP contribution >= 0.6 is 15.9 Å². The SMILES string of the molecule is O=C(OC1CN2CCC1CC2)N(Cc1ccccc1)c1cccc(Br)c1. The van der Waals surface area contributed by atoms with Crippen LogP contribution in [0.15, 0.2) is 59.1 Å². The molecule has 136 valence electrons. The lowest BCUT2D eigenvalue weighted by Gasteiger charge is -2.44. The summed E-state index contributed by atoms with van der Waals surface area (Å²) in [4.78, 5) is 17.2. The maximum absolute atomic E-state index is 13.1. The number of fused-ring (bicyclic) bond motifs is 3. The Morgan fingerprint density at radius 3 is 2.54 bits per heavy atom. The first-order chi connectivity index (χ1) is 12.7. The summed E-state index contributed by atoms with van der Waals surface area (Å²) in [6, 6.07) is 17.9. The zero-order chi connectivity index (χ0) is 17.9. The smallest absolute Gasteiger partial charge is 0.414 e. The average Bonchev–Trinajstić information content (AvgIpc) is 2.68. The van der Waals surface area contributed by atoms with E-state index in [-0.39, 0.29) is 12.2 Å². The number of ether oxygens (including phenoxy) is 1. The molecule has 5 heteroatoms. The van der Waals surface area contributed by atoms with Crippen LogP contribution in [0, 0.1) is 5.92 Å². The van der Waals surface area contributed by atoms with Crippen LogP contribution in [0.3, 0.4) is 0 Å². The highest BCUT2D eigenvalue weighted by atomic mass is 79.9. The van der Waals surface area contributed by atoms with Crippen LogP contribution in [-0.2, 0) is 11.3 Å². The molecule has 1 unspecified atom stereocenters. The van der Waals surface area contributed by atoms with Crippen molar-refractivity contribution in [2.24, 2.45) is 5.92 Å². The molecule has 3 aliphatic heterocycles. The van der Waals surface area contributed by atoms with E-state index in [9.17, 15) is 4.79 Å². The van der Waals surface area contributed by atoms with E-state index in [2.05, 4.69) is 20.8 Å². The Morgan fingerprint density at radius 1 is 1.12 bits per heavy atom. The summed E-state index contributed by atoms with van der Waals surface area (Å²) in [7, 11) is 0. The van der Waals surface area contributed by atoms with Crippen molar-refractivity contribution >= 4 is 27.7 Å². The van der Waals surface area contributed by atoms with Gasteiger partial charge in [0.05, 0.1) is 6.54 Å². The normalized spacial score (nSPS) is 24.3. The zero-order valence-electron chi connectivity index (χ0n) is 14.7. The molecule has 0 radical (unpaired) electrons. The number of halogens is 1. The third-order valence-electron chi connectivity index (χ3n) is 5.37. The maximum Gasteiger partial charge on any atom is 0.414 e. The largest absolute Gasteiger partial charge is 0.444 e. The lowest BCUT2D eigenvalue weighted by atomic mass is 9.86. The number of hydrogen-bond donors (Lipinski definition) is 0. The van der Waals surface area contributed by atoms with Crippen molar-refractivity contribution in [1.82, 2.24) is 4.90 Å². The monoisotopic (exact) mass is 414 g/mol. The fourth-order valence-corrected chi connectivity index (χ4v) is 4.30. The Balaban J connectivity index is 1.54. The predicted octanol–water partition coefficient (Wildman–Crippen LogP) is 4.69. The van der Waals surface area contributed by atoms with Crippen LogP contribution in [0.4, 0.5) is 10.5 Å². The van der Waals surface area contributed by atoms with Crippen molar-refractivity contribution in [1.29, 1.82) is 0 Å². The molecule has 1 atom stereocenters. The number of amides is 1. The van der Waals surface area contributed by atoms with Crippen molar-refractivity contribution in [3.05, 3.63) is 64.6 Å². The van der Waals surface area contributed by atoms with Gasteiger partial charge in [-0.05, 0) is 55.6 Å². The van der Waals surface area contributed by atoms with Gasteiger partial charge in [-0.25, -0.2) is 4.79 Å². The van der Waals surface area contributed by atoms with E-state index in [0.717, 1.165) is 48.2 Å². The summed E-state index contributed by atoms with van der Waals surface area (Å²) in [5.74, 6) is 0.505. The van der Waals surface area contributed by atoms with Crippen molar-refractivity contribution in [3.63, 3.8) is 0 Å². The molecule has 1 amide bonds. The summed E-state index contributed by atoms with van der Waals surface area (Å²) in [6.45, 7) is 3.64. The number of rotatable bonds is 4. The van der Waals surface area contributed by atoms with Crippen molar-refractivity contribution in [2.75, 3.05) is 24.5 Å². The van der Waals surface area contributed by atoms with Gasteiger partial charge in [-0.3, -0.25) is 9.80 Å². The molecule has 0 spiro atoms. The first-order valence-corrected chi connectivity index (χ1v) is 9.98. The number of benzene rings is 2. The van der Waals surface area contributed by atoms with Crippen molar-refractivity contribution in [2.45, 2.75) is 25.5 Å². The van der Waals surface area contributed by atoms with Crippen LogP contribution in [0.25, 0.3) is 0 Å². The lowest BCUT2D eigenvalue weighted by molar-refractivity contribution is -0.0311. The number of carbonyl (C=O) groups is 1. The molecule has 2 bridgehead atoms. The second-order valence-electron chi connectivity index (χ2n) is 7.11. The summed E-state index contributed by atoms with van der Waals surface area (Å²) in [5.41, 5.74) is 1.92. The summed E-state index contributed by atoms with van der Waals surface area (Å²) in [6.07, 6.45) is 2.02. The molecule has 3 heterocycles. The van der Waals surface area contributed by atoms with Crippen LogP contribution in [0.5, 0.6) is 0 Å². The van der Waals surface area contributed by atoms with Gasteiger partial charge >= 0.3 is 6.09 Å². The highest BCUT2D eigenvalue weighted by Gasteiger charge is 2.37. The van der Waals surface area contributed by atoms with Gasteiger partial charge in [0.25, 0.3) is 0 Å². The quantitative estimate of drug-likeness (QED) is 0.727. The Morgan fingerprint density at radius 2 is 1.88 bits per heavy atom. The number of anilines is 1. The molecule has 4 nitrogen and oxygen atoms in total. The predicted molar refractivity (Wildman–Crippen MR) is 106 cm³/mol. The fourth-order valence-electron chi connectivity index (χ4n) is 3.91. The molecule has 0 N–H and O–H groups in total. The van der Waals surface area contributed by atoms with E-state index < -0.39 is 0 Å². The van der Waals surface area contributed by atoms with Gasteiger partial charge in [0, 0.05) is 16.7 Å². The Bertz CT molecular complexity index is 760. The minimum atomic E-state index is -0.259. The van der Waals surface area contributed by atoms with Crippen molar-refractivity contribution < 1.29 is 9.53 Å². The van der Waals surface area contributed by atoms with E-state index in [1.807, 2.05) is 54.6 Å². The molecule has 0 aromatic heterocycles. The first kappa shape index (κ1) is 17.6. The molecule has 5 rings (SSSR count). The standard InChI is InChI=1S/C21H23BrN2O2/c22-18-7-4-8-19(13-18)24(14-16-5-2-1-3-6-16)21(25)26-20-15-23-11-9-17(20)10-12-23/h1-8,13,17,20H,9-12,14-15H2. The van der Waals surface area contributed by atoms with E-state index in [4.69, 9.17) is 4.74 Å². The second-order valence-corrected chi connectivity index (χ2v) is 8.03. The van der Waals surface area contributed by atoms with Gasteiger partial charge in [-0.15, -0.1) is 0 Å². The first-order valence-electron chi connectivity index (χ1n) is 9.19. The minimum Gasteiger partial charge on any atom is -0.444 e. The van der Waals surface area contributed by atoms with E-state index in [1.54, 1.807) is 4.90 Å². The molecule has 26 heavy (non-hydrogen) atoms. The van der Waals surface area contributed by atoms with Crippen molar-refractivity contribution in [3.8, 4) is 0 Å². The third kappa shape index (κ3) is 3.94.